The standard InChI is InChI=1S/C15H24N2O4/c1-5-21-15(19)12(16)8-11-6-10(9-17(2)3)7-13(20-4)14(11)18/h6-7,12,18H,5,8-9,16H2,1-4H3. The maximum atomic E-state index is 11.6. The fourth-order valence-corrected chi connectivity index (χ4v) is 2.07. The summed E-state index contributed by atoms with van der Waals surface area (Å²) in [7, 11) is 5.39. The first-order chi connectivity index (χ1) is 9.88. The number of methoxy groups -OCH3 is 1. The van der Waals surface area contributed by atoms with Gasteiger partial charge < -0.3 is 25.2 Å². The molecule has 6 heteroatoms. The summed E-state index contributed by atoms with van der Waals surface area (Å²) in [5, 5.41) is 10.2. The van der Waals surface area contributed by atoms with E-state index in [1.807, 2.05) is 25.1 Å². The summed E-state index contributed by atoms with van der Waals surface area (Å²) in [6.07, 6.45) is 0.197. The van der Waals surface area contributed by atoms with E-state index < -0.39 is 12.0 Å². The summed E-state index contributed by atoms with van der Waals surface area (Å²) in [4.78, 5) is 13.6. The highest BCUT2D eigenvalue weighted by molar-refractivity contribution is 5.76. The van der Waals surface area contributed by atoms with Crippen molar-refractivity contribution in [1.82, 2.24) is 4.90 Å². The third kappa shape index (κ3) is 4.91. The number of benzene rings is 1. The number of rotatable bonds is 7. The number of nitrogens with two attached hydrogens (primary N) is 1. The second kappa shape index (κ2) is 7.85. The topological polar surface area (TPSA) is 85.0 Å². The molecule has 1 rings (SSSR count). The minimum Gasteiger partial charge on any atom is -0.504 e. The van der Waals surface area contributed by atoms with Crippen molar-refractivity contribution in [2.75, 3.05) is 27.8 Å². The van der Waals surface area contributed by atoms with Gasteiger partial charge in [-0.15, -0.1) is 0 Å². The fourth-order valence-electron chi connectivity index (χ4n) is 2.07. The van der Waals surface area contributed by atoms with Crippen LogP contribution in [0.4, 0.5) is 0 Å². The first kappa shape index (κ1) is 17.3. The quantitative estimate of drug-likeness (QED) is 0.727. The second-order valence-electron chi connectivity index (χ2n) is 5.11. The van der Waals surface area contributed by atoms with Gasteiger partial charge in [-0.2, -0.15) is 0 Å². The number of esters is 1. The van der Waals surface area contributed by atoms with Crippen LogP contribution >= 0.6 is 0 Å². The SMILES string of the molecule is CCOC(=O)C(N)Cc1cc(CN(C)C)cc(OC)c1O. The lowest BCUT2D eigenvalue weighted by Gasteiger charge is -2.17. The number of carbonyl (C=O) groups is 1. The van der Waals surface area contributed by atoms with Crippen LogP contribution in [0.1, 0.15) is 18.1 Å². The van der Waals surface area contributed by atoms with Gasteiger partial charge in [0.25, 0.3) is 0 Å². The number of aromatic hydroxyl groups is 1. The third-order valence-electron chi connectivity index (χ3n) is 2.96. The predicted octanol–water partition coefficient (Wildman–Crippen LogP) is 0.895. The van der Waals surface area contributed by atoms with Crippen molar-refractivity contribution in [3.8, 4) is 11.5 Å². The number of nitrogens with zero attached hydrogens (tertiary/aromatic N) is 1. The minimum absolute atomic E-state index is 0.0137. The Labute approximate surface area is 125 Å². The molecule has 0 aliphatic carbocycles. The average molecular weight is 296 g/mol. The van der Waals surface area contributed by atoms with Crippen molar-refractivity contribution < 1.29 is 19.4 Å². The maximum absolute atomic E-state index is 11.6. The number of phenols is 1. The van der Waals surface area contributed by atoms with Gasteiger partial charge in [0.2, 0.25) is 0 Å². The molecule has 0 saturated carbocycles. The Kier molecular flexibility index (Phi) is 6.45. The van der Waals surface area contributed by atoms with Crippen molar-refractivity contribution in [3.63, 3.8) is 0 Å². The molecule has 1 aromatic carbocycles. The van der Waals surface area contributed by atoms with Crippen molar-refractivity contribution >= 4 is 5.97 Å². The lowest BCUT2D eigenvalue weighted by molar-refractivity contribution is -0.144. The van der Waals surface area contributed by atoms with Gasteiger partial charge in [0.05, 0.1) is 13.7 Å². The first-order valence-electron chi connectivity index (χ1n) is 6.84. The number of phenolic OH excluding ortho intramolecular Hbond substituents is 1. The molecule has 1 aromatic rings. The van der Waals surface area contributed by atoms with Gasteiger partial charge >= 0.3 is 5.97 Å². The molecule has 0 aliphatic heterocycles. The van der Waals surface area contributed by atoms with Gasteiger partial charge in [-0.3, -0.25) is 4.79 Å². The van der Waals surface area contributed by atoms with E-state index >= 15 is 0 Å². The largest absolute Gasteiger partial charge is 0.504 e. The molecule has 0 bridgehead atoms. The van der Waals surface area contributed by atoms with Crippen LogP contribution in [0.2, 0.25) is 0 Å². The Morgan fingerprint density at radius 3 is 2.62 bits per heavy atom. The van der Waals surface area contributed by atoms with Crippen LogP contribution in [-0.4, -0.2) is 49.8 Å². The number of hydrogen-bond donors (Lipinski definition) is 2. The zero-order chi connectivity index (χ0) is 16.0. The molecule has 118 valence electrons. The number of ether oxygens (including phenoxy) is 2. The molecule has 0 heterocycles. The molecule has 21 heavy (non-hydrogen) atoms. The lowest BCUT2D eigenvalue weighted by atomic mass is 10.0. The Hall–Kier alpha value is -1.79. The van der Waals surface area contributed by atoms with Crippen molar-refractivity contribution in [3.05, 3.63) is 23.3 Å². The molecule has 3 N–H and O–H groups in total. The highest BCUT2D eigenvalue weighted by atomic mass is 16.5. The molecule has 0 spiro atoms. The number of carbonyl (C=O) groups excluding carboxylic acids is 1. The summed E-state index contributed by atoms with van der Waals surface area (Å²) in [6.45, 7) is 2.70. The number of hydrogen-bond acceptors (Lipinski definition) is 6. The second-order valence-corrected chi connectivity index (χ2v) is 5.11. The highest BCUT2D eigenvalue weighted by Gasteiger charge is 2.19. The van der Waals surface area contributed by atoms with Gasteiger partial charge in [-0.1, -0.05) is 6.07 Å². The minimum atomic E-state index is -0.810. The molecule has 1 unspecified atom stereocenters. The van der Waals surface area contributed by atoms with Gasteiger partial charge in [-0.05, 0) is 32.6 Å². The van der Waals surface area contributed by atoms with E-state index in [0.717, 1.165) is 5.56 Å². The smallest absolute Gasteiger partial charge is 0.323 e. The van der Waals surface area contributed by atoms with Gasteiger partial charge in [0.15, 0.2) is 11.5 Å². The summed E-state index contributed by atoms with van der Waals surface area (Å²) < 4.78 is 10.1. The first-order valence-corrected chi connectivity index (χ1v) is 6.84. The molecule has 0 aromatic heterocycles. The van der Waals surface area contributed by atoms with Crippen molar-refractivity contribution in [2.24, 2.45) is 5.73 Å². The fraction of sp³-hybridized carbons (Fsp3) is 0.533. The van der Waals surface area contributed by atoms with Crippen molar-refractivity contribution in [2.45, 2.75) is 25.9 Å². The summed E-state index contributed by atoms with van der Waals surface area (Å²) >= 11 is 0. The van der Waals surface area contributed by atoms with E-state index in [4.69, 9.17) is 15.2 Å². The lowest BCUT2D eigenvalue weighted by Crippen LogP contribution is -2.34. The molecule has 1 atom stereocenters. The van der Waals surface area contributed by atoms with Crippen LogP contribution in [0.5, 0.6) is 11.5 Å². The van der Waals surface area contributed by atoms with Crippen LogP contribution in [0.15, 0.2) is 12.1 Å². The molecule has 6 nitrogen and oxygen atoms in total. The van der Waals surface area contributed by atoms with Crippen LogP contribution in [0.25, 0.3) is 0 Å². The highest BCUT2D eigenvalue weighted by Crippen LogP contribution is 2.32. The maximum Gasteiger partial charge on any atom is 0.323 e. The van der Waals surface area contributed by atoms with E-state index in [0.29, 0.717) is 17.9 Å². The third-order valence-corrected chi connectivity index (χ3v) is 2.96. The predicted molar refractivity (Wildman–Crippen MR) is 80.4 cm³/mol. The summed E-state index contributed by atoms with van der Waals surface area (Å²) in [5.41, 5.74) is 7.36. The molecule has 0 fully saturated rings. The van der Waals surface area contributed by atoms with E-state index in [1.165, 1.54) is 7.11 Å². The average Bonchev–Trinajstić information content (AvgIpc) is 2.41. The zero-order valence-corrected chi connectivity index (χ0v) is 13.0. The Bertz CT molecular complexity index is 489. The van der Waals surface area contributed by atoms with Gasteiger partial charge in [-0.25, -0.2) is 0 Å². The Balaban J connectivity index is 3.01. The van der Waals surface area contributed by atoms with E-state index in [9.17, 15) is 9.90 Å². The monoisotopic (exact) mass is 296 g/mol. The van der Waals surface area contributed by atoms with Crippen LogP contribution < -0.4 is 10.5 Å². The van der Waals surface area contributed by atoms with Gasteiger partial charge in [0, 0.05) is 18.5 Å². The van der Waals surface area contributed by atoms with Crippen LogP contribution in [-0.2, 0) is 22.5 Å². The van der Waals surface area contributed by atoms with E-state index in [-0.39, 0.29) is 18.8 Å². The molecular formula is C15H24N2O4. The van der Waals surface area contributed by atoms with Crippen LogP contribution in [0, 0.1) is 0 Å². The molecule has 0 saturated heterocycles. The zero-order valence-electron chi connectivity index (χ0n) is 13.0. The molecule has 0 amide bonds. The molecular weight excluding hydrogens is 272 g/mol. The van der Waals surface area contributed by atoms with Crippen LogP contribution in [0.3, 0.4) is 0 Å². The molecule has 0 radical (unpaired) electrons. The summed E-state index contributed by atoms with van der Waals surface area (Å²) in [6, 6.07) is 2.79. The molecule has 0 aliphatic rings. The normalized spacial score (nSPS) is 12.3. The van der Waals surface area contributed by atoms with E-state index in [2.05, 4.69) is 0 Å². The van der Waals surface area contributed by atoms with Gasteiger partial charge in [0.1, 0.15) is 6.04 Å². The summed E-state index contributed by atoms with van der Waals surface area (Å²) in [5.74, 6) is -0.0888. The van der Waals surface area contributed by atoms with E-state index in [1.54, 1.807) is 13.0 Å². The Morgan fingerprint density at radius 2 is 2.10 bits per heavy atom. The van der Waals surface area contributed by atoms with Crippen molar-refractivity contribution in [1.29, 1.82) is 0 Å². The Morgan fingerprint density at radius 1 is 1.43 bits per heavy atom.